The molecule has 0 saturated heterocycles. The molecule has 0 amide bonds. The van der Waals surface area contributed by atoms with Gasteiger partial charge in [0.1, 0.15) is 10.5 Å². The van der Waals surface area contributed by atoms with Gasteiger partial charge < -0.3 is 9.47 Å². The maximum atomic E-state index is 12.0. The van der Waals surface area contributed by atoms with E-state index in [1.54, 1.807) is 0 Å². The minimum absolute atomic E-state index is 0.190. The van der Waals surface area contributed by atoms with Crippen molar-refractivity contribution in [3.8, 4) is 0 Å². The number of rotatable bonds is 17. The third kappa shape index (κ3) is 12.9. The van der Waals surface area contributed by atoms with Gasteiger partial charge in [-0.1, -0.05) is 99.6 Å². The van der Waals surface area contributed by atoms with E-state index < -0.39 is 0 Å². The number of carbonyl (C=O) groups is 2. The van der Waals surface area contributed by atoms with Gasteiger partial charge in [0.15, 0.2) is 0 Å². The molecule has 0 radical (unpaired) electrons. The molecule has 26 heavy (non-hydrogen) atoms. The number of methoxy groups -OCH3 is 2. The summed E-state index contributed by atoms with van der Waals surface area (Å²) in [5, 5.41) is -0.419. The highest BCUT2D eigenvalue weighted by Crippen LogP contribution is 2.37. The lowest BCUT2D eigenvalue weighted by Crippen LogP contribution is -2.21. The van der Waals surface area contributed by atoms with Crippen LogP contribution in [-0.4, -0.2) is 36.7 Å². The molecule has 0 spiro atoms. The molecule has 0 aromatic heterocycles. The average Bonchev–Trinajstić information content (AvgIpc) is 2.66. The fourth-order valence-electron chi connectivity index (χ4n) is 2.67. The Labute approximate surface area is 168 Å². The second-order valence-corrected chi connectivity index (χ2v) is 9.30. The van der Waals surface area contributed by atoms with Crippen molar-refractivity contribution in [1.82, 2.24) is 0 Å². The van der Waals surface area contributed by atoms with Gasteiger partial charge in [-0.2, -0.15) is 0 Å². The summed E-state index contributed by atoms with van der Waals surface area (Å²) in [6, 6.07) is 0. The Morgan fingerprint density at radius 3 is 1.31 bits per heavy atom. The van der Waals surface area contributed by atoms with Crippen molar-refractivity contribution in [3.05, 3.63) is 0 Å². The Balaban J connectivity index is 4.38. The molecule has 0 rings (SSSR count). The van der Waals surface area contributed by atoms with Crippen molar-refractivity contribution in [2.24, 2.45) is 0 Å². The quantitative estimate of drug-likeness (QED) is 0.163. The van der Waals surface area contributed by atoms with Crippen LogP contribution in [-0.2, 0) is 19.1 Å². The van der Waals surface area contributed by atoms with Crippen molar-refractivity contribution in [2.45, 2.75) is 101 Å². The SMILES string of the molecule is CCCCCCCC(SSC(CCCCCCC)C(=O)OC)C(=O)OC. The summed E-state index contributed by atoms with van der Waals surface area (Å²) in [7, 11) is 5.83. The van der Waals surface area contributed by atoms with Crippen LogP contribution >= 0.6 is 21.6 Å². The molecule has 2 unspecified atom stereocenters. The van der Waals surface area contributed by atoms with Crippen molar-refractivity contribution >= 4 is 33.5 Å². The van der Waals surface area contributed by atoms with Gasteiger partial charge in [-0.3, -0.25) is 9.59 Å². The first-order chi connectivity index (χ1) is 12.6. The van der Waals surface area contributed by atoms with Crippen LogP contribution in [0.5, 0.6) is 0 Å². The predicted octanol–water partition coefficient (Wildman–Crippen LogP) is 6.17. The molecular weight excluding hydrogens is 368 g/mol. The van der Waals surface area contributed by atoms with Crippen molar-refractivity contribution < 1.29 is 19.1 Å². The highest BCUT2D eigenvalue weighted by molar-refractivity contribution is 8.77. The van der Waals surface area contributed by atoms with Crippen LogP contribution in [0, 0.1) is 0 Å². The maximum absolute atomic E-state index is 12.0. The van der Waals surface area contributed by atoms with Gasteiger partial charge in [0.2, 0.25) is 0 Å². The van der Waals surface area contributed by atoms with E-state index in [1.807, 2.05) is 0 Å². The minimum Gasteiger partial charge on any atom is -0.468 e. The lowest BCUT2D eigenvalue weighted by Gasteiger charge is -2.18. The summed E-state index contributed by atoms with van der Waals surface area (Å²) < 4.78 is 9.89. The van der Waals surface area contributed by atoms with Gasteiger partial charge in [0.25, 0.3) is 0 Å². The molecule has 4 nitrogen and oxygen atoms in total. The van der Waals surface area contributed by atoms with Crippen molar-refractivity contribution in [1.29, 1.82) is 0 Å². The number of hydrogen-bond acceptors (Lipinski definition) is 6. The van der Waals surface area contributed by atoms with E-state index >= 15 is 0 Å². The van der Waals surface area contributed by atoms with Crippen LogP contribution in [0.1, 0.15) is 90.9 Å². The molecule has 0 saturated carbocycles. The molecular formula is C20H38O4S2. The van der Waals surface area contributed by atoms with Gasteiger partial charge in [-0.05, 0) is 12.8 Å². The Hall–Kier alpha value is -0.360. The third-order valence-corrected chi connectivity index (χ3v) is 7.51. The van der Waals surface area contributed by atoms with E-state index in [-0.39, 0.29) is 22.4 Å². The molecule has 0 bridgehead atoms. The number of esters is 2. The Kier molecular flexibility index (Phi) is 17.8. The standard InChI is InChI=1S/C20H38O4S2/c1-5-7-9-11-13-15-17(19(21)23-3)25-26-18(20(22)24-4)16-14-12-10-8-6-2/h17-18H,5-16H2,1-4H3. The molecule has 0 N–H and O–H groups in total. The lowest BCUT2D eigenvalue weighted by atomic mass is 10.1. The molecule has 0 heterocycles. The summed E-state index contributed by atoms with van der Waals surface area (Å²) in [6.45, 7) is 4.39. The monoisotopic (exact) mass is 406 g/mol. The van der Waals surface area contributed by atoms with Gasteiger partial charge in [-0.25, -0.2) is 0 Å². The minimum atomic E-state index is -0.209. The Bertz CT molecular complexity index is 330. The third-order valence-electron chi connectivity index (χ3n) is 4.36. The van der Waals surface area contributed by atoms with Gasteiger partial charge >= 0.3 is 11.9 Å². The number of hydrogen-bond donors (Lipinski definition) is 0. The largest absolute Gasteiger partial charge is 0.468 e. The second kappa shape index (κ2) is 18.0. The number of carbonyl (C=O) groups excluding carboxylic acids is 2. The molecule has 0 aromatic carbocycles. The van der Waals surface area contributed by atoms with Crippen molar-refractivity contribution in [2.75, 3.05) is 14.2 Å². The maximum Gasteiger partial charge on any atom is 0.319 e. The zero-order valence-electron chi connectivity index (χ0n) is 17.1. The fraction of sp³-hybridized carbons (Fsp3) is 0.900. The smallest absolute Gasteiger partial charge is 0.319 e. The van der Waals surface area contributed by atoms with E-state index in [0.29, 0.717) is 0 Å². The summed E-state index contributed by atoms with van der Waals surface area (Å²) in [5.41, 5.74) is 0. The molecule has 154 valence electrons. The Morgan fingerprint density at radius 2 is 1.00 bits per heavy atom. The topological polar surface area (TPSA) is 52.6 Å². The molecule has 2 atom stereocenters. The molecule has 0 aliphatic rings. The van der Waals surface area contributed by atoms with E-state index in [9.17, 15) is 9.59 Å². The summed E-state index contributed by atoms with van der Waals surface area (Å²) in [5.74, 6) is -0.380. The Morgan fingerprint density at radius 1 is 0.654 bits per heavy atom. The first-order valence-electron chi connectivity index (χ1n) is 10.1. The normalized spacial score (nSPS) is 13.2. The van der Waals surface area contributed by atoms with Gasteiger partial charge in [-0.15, -0.1) is 0 Å². The first kappa shape index (κ1) is 25.6. The van der Waals surface area contributed by atoms with Gasteiger partial charge in [0, 0.05) is 0 Å². The molecule has 0 fully saturated rings. The van der Waals surface area contributed by atoms with Gasteiger partial charge in [0.05, 0.1) is 14.2 Å². The highest BCUT2D eigenvalue weighted by Gasteiger charge is 2.26. The molecule has 0 aromatic rings. The van der Waals surface area contributed by atoms with E-state index in [0.717, 1.165) is 38.5 Å². The summed E-state index contributed by atoms with van der Waals surface area (Å²) in [4.78, 5) is 24.1. The van der Waals surface area contributed by atoms with Crippen molar-refractivity contribution in [3.63, 3.8) is 0 Å². The average molecular weight is 407 g/mol. The second-order valence-electron chi connectivity index (χ2n) is 6.62. The molecule has 6 heteroatoms. The zero-order valence-corrected chi connectivity index (χ0v) is 18.7. The molecule has 0 aliphatic carbocycles. The van der Waals surface area contributed by atoms with Crippen LogP contribution in [0.2, 0.25) is 0 Å². The van der Waals surface area contributed by atoms with E-state index in [4.69, 9.17) is 9.47 Å². The summed E-state index contributed by atoms with van der Waals surface area (Å²) >= 11 is 0. The first-order valence-corrected chi connectivity index (χ1v) is 12.4. The summed E-state index contributed by atoms with van der Waals surface area (Å²) in [6.07, 6.45) is 13.3. The van der Waals surface area contributed by atoms with Crippen LogP contribution in [0.15, 0.2) is 0 Å². The molecule has 0 aliphatic heterocycles. The number of ether oxygens (including phenoxy) is 2. The lowest BCUT2D eigenvalue weighted by molar-refractivity contribution is -0.141. The van der Waals surface area contributed by atoms with Crippen LogP contribution in [0.3, 0.4) is 0 Å². The van der Waals surface area contributed by atoms with E-state index in [2.05, 4.69) is 13.8 Å². The zero-order chi connectivity index (χ0) is 19.6. The highest BCUT2D eigenvalue weighted by atomic mass is 33.1. The van der Waals surface area contributed by atoms with Crippen LogP contribution in [0.25, 0.3) is 0 Å². The van der Waals surface area contributed by atoms with Crippen LogP contribution in [0.4, 0.5) is 0 Å². The fourth-order valence-corrected chi connectivity index (χ4v) is 5.67. The predicted molar refractivity (Wildman–Crippen MR) is 114 cm³/mol. The van der Waals surface area contributed by atoms with Crippen LogP contribution < -0.4 is 0 Å². The van der Waals surface area contributed by atoms with E-state index in [1.165, 1.54) is 74.3 Å². The number of unbranched alkanes of at least 4 members (excludes halogenated alkanes) is 8.